The quantitative estimate of drug-likeness (QED) is 0.385. The number of rotatable bonds is 9. The smallest absolute Gasteiger partial charge is 0.258 e. The average molecular weight is 481 g/mol. The Kier molecular flexibility index (Phi) is 7.07. The van der Waals surface area contributed by atoms with Crippen molar-refractivity contribution in [2.45, 2.75) is 25.9 Å². The standard InChI is InChI=1S/C29H28N4O3/c34-27(21-36-26-14-7-13-25(17-26)33-16-8-15-28(33)35)30-18-24-20-32(19-22-9-3-1-4-10-22)31-29(24)23-11-5-2-6-12-23/h1-7,9-14,17,20H,8,15-16,18-19,21H2,(H,30,34). The molecule has 7 heteroatoms. The number of ether oxygens (including phenoxy) is 1. The molecule has 7 nitrogen and oxygen atoms in total. The second-order valence-electron chi connectivity index (χ2n) is 8.76. The molecule has 0 unspecified atom stereocenters. The third kappa shape index (κ3) is 5.63. The molecule has 1 aliphatic heterocycles. The highest BCUT2D eigenvalue weighted by Crippen LogP contribution is 2.25. The van der Waals surface area contributed by atoms with Gasteiger partial charge >= 0.3 is 0 Å². The molecular formula is C29H28N4O3. The first-order chi connectivity index (χ1) is 17.7. The van der Waals surface area contributed by atoms with Crippen LogP contribution < -0.4 is 15.0 Å². The number of amides is 2. The molecule has 2 heterocycles. The number of aromatic nitrogens is 2. The van der Waals surface area contributed by atoms with Gasteiger partial charge in [-0.2, -0.15) is 5.10 Å². The summed E-state index contributed by atoms with van der Waals surface area (Å²) in [4.78, 5) is 26.4. The van der Waals surface area contributed by atoms with Gasteiger partial charge in [0.2, 0.25) is 5.91 Å². The molecule has 1 saturated heterocycles. The molecule has 36 heavy (non-hydrogen) atoms. The van der Waals surface area contributed by atoms with Gasteiger partial charge in [0.05, 0.1) is 12.2 Å². The lowest BCUT2D eigenvalue weighted by molar-refractivity contribution is -0.123. The van der Waals surface area contributed by atoms with E-state index in [2.05, 4.69) is 17.4 Å². The highest BCUT2D eigenvalue weighted by Gasteiger charge is 2.22. The zero-order valence-electron chi connectivity index (χ0n) is 20.0. The van der Waals surface area contributed by atoms with Crippen LogP contribution >= 0.6 is 0 Å². The van der Waals surface area contributed by atoms with E-state index in [-0.39, 0.29) is 18.4 Å². The van der Waals surface area contributed by atoms with Gasteiger partial charge in [0.25, 0.3) is 5.91 Å². The predicted molar refractivity (Wildman–Crippen MR) is 139 cm³/mol. The lowest BCUT2D eigenvalue weighted by atomic mass is 10.1. The number of carbonyl (C=O) groups is 2. The Morgan fingerprint density at radius 2 is 1.75 bits per heavy atom. The zero-order valence-corrected chi connectivity index (χ0v) is 20.0. The maximum Gasteiger partial charge on any atom is 0.258 e. The van der Waals surface area contributed by atoms with E-state index >= 15 is 0 Å². The minimum absolute atomic E-state index is 0.115. The summed E-state index contributed by atoms with van der Waals surface area (Å²) in [5.41, 5.74) is 4.73. The molecule has 0 saturated carbocycles. The van der Waals surface area contributed by atoms with E-state index in [9.17, 15) is 9.59 Å². The Labute approximate surface area is 210 Å². The van der Waals surface area contributed by atoms with Crippen LogP contribution in [-0.4, -0.2) is 34.7 Å². The minimum atomic E-state index is -0.229. The normalized spacial score (nSPS) is 13.1. The molecule has 1 aromatic heterocycles. The lowest BCUT2D eigenvalue weighted by Crippen LogP contribution is -2.28. The maximum absolute atomic E-state index is 12.6. The number of nitrogens with one attached hydrogen (secondary N) is 1. The third-order valence-corrected chi connectivity index (χ3v) is 6.12. The highest BCUT2D eigenvalue weighted by molar-refractivity contribution is 5.95. The van der Waals surface area contributed by atoms with Gasteiger partial charge in [-0.25, -0.2) is 0 Å². The first kappa shape index (κ1) is 23.4. The molecule has 3 aromatic carbocycles. The van der Waals surface area contributed by atoms with Crippen molar-refractivity contribution < 1.29 is 14.3 Å². The van der Waals surface area contributed by atoms with Gasteiger partial charge in [-0.15, -0.1) is 0 Å². The van der Waals surface area contributed by atoms with Crippen molar-refractivity contribution in [1.82, 2.24) is 15.1 Å². The Balaban J connectivity index is 1.23. The highest BCUT2D eigenvalue weighted by atomic mass is 16.5. The van der Waals surface area contributed by atoms with E-state index in [0.29, 0.717) is 31.8 Å². The van der Waals surface area contributed by atoms with Gasteiger partial charge in [-0.1, -0.05) is 66.7 Å². The van der Waals surface area contributed by atoms with Gasteiger partial charge in [-0.05, 0) is 24.1 Å². The maximum atomic E-state index is 12.6. The summed E-state index contributed by atoms with van der Waals surface area (Å²) in [7, 11) is 0. The van der Waals surface area contributed by atoms with Crippen LogP contribution in [0.25, 0.3) is 11.3 Å². The molecule has 4 aromatic rings. The number of nitrogens with zero attached hydrogens (tertiary/aromatic N) is 3. The molecule has 0 radical (unpaired) electrons. The fourth-order valence-corrected chi connectivity index (χ4v) is 4.34. The zero-order chi connectivity index (χ0) is 24.7. The first-order valence-corrected chi connectivity index (χ1v) is 12.1. The predicted octanol–water partition coefficient (Wildman–Crippen LogP) is 4.42. The van der Waals surface area contributed by atoms with Gasteiger partial charge in [0.1, 0.15) is 5.75 Å². The van der Waals surface area contributed by atoms with E-state index in [1.165, 1.54) is 0 Å². The Morgan fingerprint density at radius 1 is 0.972 bits per heavy atom. The van der Waals surface area contributed by atoms with Gasteiger partial charge < -0.3 is 15.0 Å². The second-order valence-corrected chi connectivity index (χ2v) is 8.76. The third-order valence-electron chi connectivity index (χ3n) is 6.12. The number of anilines is 1. The fourth-order valence-electron chi connectivity index (χ4n) is 4.34. The summed E-state index contributed by atoms with van der Waals surface area (Å²) < 4.78 is 7.62. The van der Waals surface area contributed by atoms with Gasteiger partial charge in [0.15, 0.2) is 6.61 Å². The van der Waals surface area contributed by atoms with Crippen molar-refractivity contribution in [2.24, 2.45) is 0 Å². The van der Waals surface area contributed by atoms with Gasteiger partial charge in [0, 0.05) is 48.6 Å². The molecule has 1 N–H and O–H groups in total. The molecule has 1 aliphatic rings. The largest absolute Gasteiger partial charge is 0.484 e. The number of benzene rings is 3. The Hall–Kier alpha value is -4.39. The molecule has 2 amide bonds. The minimum Gasteiger partial charge on any atom is -0.484 e. The van der Waals surface area contributed by atoms with Crippen LogP contribution in [0.15, 0.2) is 91.1 Å². The SMILES string of the molecule is O=C(COc1cccc(N2CCCC2=O)c1)NCc1cn(Cc2ccccc2)nc1-c1ccccc1. The fraction of sp³-hybridized carbons (Fsp3) is 0.207. The summed E-state index contributed by atoms with van der Waals surface area (Å²) in [5.74, 6) is 0.447. The van der Waals surface area contributed by atoms with Crippen molar-refractivity contribution in [3.63, 3.8) is 0 Å². The molecule has 0 atom stereocenters. The van der Waals surface area contributed by atoms with Crippen LogP contribution in [0.3, 0.4) is 0 Å². The van der Waals surface area contributed by atoms with E-state index in [1.807, 2.05) is 71.5 Å². The van der Waals surface area contributed by atoms with Crippen molar-refractivity contribution >= 4 is 17.5 Å². The molecule has 182 valence electrons. The number of carbonyl (C=O) groups excluding carboxylic acids is 2. The average Bonchev–Trinajstić information content (AvgIpc) is 3.53. The second kappa shape index (κ2) is 10.9. The number of hydrogen-bond acceptors (Lipinski definition) is 4. The Morgan fingerprint density at radius 3 is 2.50 bits per heavy atom. The van der Waals surface area contributed by atoms with Crippen molar-refractivity contribution in [3.8, 4) is 17.0 Å². The van der Waals surface area contributed by atoms with Crippen LogP contribution in [0.2, 0.25) is 0 Å². The lowest BCUT2D eigenvalue weighted by Gasteiger charge is -2.16. The molecule has 0 spiro atoms. The van der Waals surface area contributed by atoms with E-state index in [1.54, 1.807) is 17.0 Å². The van der Waals surface area contributed by atoms with Crippen molar-refractivity contribution in [1.29, 1.82) is 0 Å². The van der Waals surface area contributed by atoms with Crippen molar-refractivity contribution in [2.75, 3.05) is 18.1 Å². The van der Waals surface area contributed by atoms with E-state index in [0.717, 1.165) is 34.5 Å². The molecule has 0 bridgehead atoms. The monoisotopic (exact) mass is 480 g/mol. The van der Waals surface area contributed by atoms with Gasteiger partial charge in [-0.3, -0.25) is 14.3 Å². The summed E-state index contributed by atoms with van der Waals surface area (Å²) in [5, 5.41) is 7.75. The topological polar surface area (TPSA) is 76.5 Å². The van der Waals surface area contributed by atoms with Crippen LogP contribution in [0.1, 0.15) is 24.0 Å². The van der Waals surface area contributed by atoms with E-state index < -0.39 is 0 Å². The molecular weight excluding hydrogens is 452 g/mol. The van der Waals surface area contributed by atoms with E-state index in [4.69, 9.17) is 9.84 Å². The Bertz CT molecular complexity index is 1340. The first-order valence-electron chi connectivity index (χ1n) is 12.1. The van der Waals surface area contributed by atoms with Crippen LogP contribution in [-0.2, 0) is 22.7 Å². The van der Waals surface area contributed by atoms with Crippen LogP contribution in [0.4, 0.5) is 5.69 Å². The molecule has 5 rings (SSSR count). The summed E-state index contributed by atoms with van der Waals surface area (Å²) in [6.45, 7) is 1.58. The summed E-state index contributed by atoms with van der Waals surface area (Å²) >= 11 is 0. The van der Waals surface area contributed by atoms with Crippen LogP contribution in [0, 0.1) is 0 Å². The number of hydrogen-bond donors (Lipinski definition) is 1. The van der Waals surface area contributed by atoms with Crippen molar-refractivity contribution in [3.05, 3.63) is 102 Å². The summed E-state index contributed by atoms with van der Waals surface area (Å²) in [6, 6.07) is 27.4. The molecule has 0 aliphatic carbocycles. The van der Waals surface area contributed by atoms with Crippen LogP contribution in [0.5, 0.6) is 5.75 Å². The summed E-state index contributed by atoms with van der Waals surface area (Å²) in [6.07, 6.45) is 3.41. The molecule has 1 fully saturated rings.